The number of nitrogens with one attached hydrogen (secondary N) is 2. The van der Waals surface area contributed by atoms with Crippen LogP contribution in [-0.4, -0.2) is 10.9 Å². The van der Waals surface area contributed by atoms with Crippen LogP contribution < -0.4 is 5.32 Å². The summed E-state index contributed by atoms with van der Waals surface area (Å²) in [7, 11) is 0. The number of hydrogen-bond acceptors (Lipinski definition) is 1. The van der Waals surface area contributed by atoms with Gasteiger partial charge in [-0.15, -0.1) is 0 Å². The monoisotopic (exact) mass is 388 g/mol. The number of fused-ring (bicyclic) bond motifs is 10. The summed E-state index contributed by atoms with van der Waals surface area (Å²) >= 11 is 3.58. The van der Waals surface area contributed by atoms with Crippen LogP contribution in [-0.2, 0) is 13.0 Å². The molecule has 4 heteroatoms. The van der Waals surface area contributed by atoms with Gasteiger partial charge in [0, 0.05) is 39.3 Å². The largest absolute Gasteiger partial charge is 0.354 e. The maximum absolute atomic E-state index is 12.7. The molecule has 1 aliphatic heterocycles. The Morgan fingerprint density at radius 3 is 2.80 bits per heavy atom. The van der Waals surface area contributed by atoms with Gasteiger partial charge in [0.25, 0.3) is 5.91 Å². The highest BCUT2D eigenvalue weighted by molar-refractivity contribution is 9.10. The van der Waals surface area contributed by atoms with Crippen molar-refractivity contribution >= 4 is 43.6 Å². The lowest BCUT2D eigenvalue weighted by atomic mass is 9.92. The van der Waals surface area contributed by atoms with Gasteiger partial charge in [0.05, 0.1) is 11.1 Å². The lowest BCUT2D eigenvalue weighted by Gasteiger charge is -2.10. The molecule has 0 saturated carbocycles. The number of carbonyl (C=O) groups excluding carboxylic acids is 1. The summed E-state index contributed by atoms with van der Waals surface area (Å²) in [5.74, 6) is 0.0475. The van der Waals surface area contributed by atoms with Crippen LogP contribution >= 0.6 is 15.9 Å². The summed E-state index contributed by atoms with van der Waals surface area (Å²) in [6, 6.07) is 14.7. The molecule has 0 radical (unpaired) electrons. The fourth-order valence-corrected chi connectivity index (χ4v) is 4.88. The molecule has 1 aromatic heterocycles. The van der Waals surface area contributed by atoms with Crippen molar-refractivity contribution in [2.24, 2.45) is 0 Å². The standard InChI is InChI=1S/C21H13BrN2O/c22-11-6-5-10-7-14-17(13(10)8-11)19-15(9-23-21(19)25)18-12-3-1-2-4-16(12)24-20(14)18/h1-6,8,24H,7,9H2,(H,23,25). The summed E-state index contributed by atoms with van der Waals surface area (Å²) in [6.07, 6.45) is 0.863. The normalized spacial score (nSPS) is 14.7. The van der Waals surface area contributed by atoms with E-state index in [-0.39, 0.29) is 5.91 Å². The van der Waals surface area contributed by atoms with Crippen LogP contribution in [0.25, 0.3) is 32.9 Å². The first-order valence-corrected chi connectivity index (χ1v) is 9.17. The first kappa shape index (κ1) is 13.7. The van der Waals surface area contributed by atoms with Crippen LogP contribution in [0.4, 0.5) is 0 Å². The van der Waals surface area contributed by atoms with Crippen LogP contribution in [0, 0.1) is 0 Å². The Kier molecular flexibility index (Phi) is 2.47. The van der Waals surface area contributed by atoms with Crippen LogP contribution in [0.5, 0.6) is 0 Å². The Bertz CT molecular complexity index is 1250. The van der Waals surface area contributed by atoms with Crippen molar-refractivity contribution in [1.29, 1.82) is 0 Å². The minimum Gasteiger partial charge on any atom is -0.354 e. The molecule has 0 saturated heterocycles. The number of benzene rings is 3. The number of rotatable bonds is 0. The second-order valence-electron chi connectivity index (χ2n) is 6.79. The fraction of sp³-hybridized carbons (Fsp3) is 0.0952. The number of para-hydroxylation sites is 1. The summed E-state index contributed by atoms with van der Waals surface area (Å²) in [4.78, 5) is 16.3. The van der Waals surface area contributed by atoms with Crippen LogP contribution in [0.2, 0.25) is 0 Å². The lowest BCUT2D eigenvalue weighted by molar-refractivity contribution is 0.0966. The highest BCUT2D eigenvalue weighted by Crippen LogP contribution is 2.48. The van der Waals surface area contributed by atoms with Gasteiger partial charge in [-0.1, -0.05) is 40.2 Å². The molecule has 0 unspecified atom stereocenters. The molecule has 0 atom stereocenters. The predicted molar refractivity (Wildman–Crippen MR) is 103 cm³/mol. The molecular weight excluding hydrogens is 376 g/mol. The quantitative estimate of drug-likeness (QED) is 0.389. The van der Waals surface area contributed by atoms with Crippen molar-refractivity contribution in [2.75, 3.05) is 0 Å². The zero-order valence-corrected chi connectivity index (χ0v) is 14.8. The van der Waals surface area contributed by atoms with E-state index in [1.54, 1.807) is 0 Å². The highest BCUT2D eigenvalue weighted by atomic mass is 79.9. The Balaban J connectivity index is 1.86. The average Bonchev–Trinajstić information content (AvgIpc) is 3.27. The summed E-state index contributed by atoms with van der Waals surface area (Å²) in [5.41, 5.74) is 9.12. The molecule has 0 fully saturated rings. The molecule has 2 heterocycles. The number of aromatic nitrogens is 1. The maximum atomic E-state index is 12.7. The molecule has 0 spiro atoms. The van der Waals surface area contributed by atoms with Crippen molar-refractivity contribution in [2.45, 2.75) is 13.0 Å². The topological polar surface area (TPSA) is 44.9 Å². The number of H-pyrrole nitrogens is 1. The second-order valence-corrected chi connectivity index (χ2v) is 7.70. The Labute approximate surface area is 152 Å². The molecule has 2 aliphatic rings. The number of amides is 1. The molecule has 1 amide bonds. The summed E-state index contributed by atoms with van der Waals surface area (Å²) in [6.45, 7) is 0.600. The Morgan fingerprint density at radius 2 is 1.88 bits per heavy atom. The van der Waals surface area contributed by atoms with Gasteiger partial charge < -0.3 is 10.3 Å². The molecule has 6 rings (SSSR count). The van der Waals surface area contributed by atoms with E-state index in [9.17, 15) is 4.79 Å². The third-order valence-electron chi connectivity index (χ3n) is 5.52. The molecular formula is C21H13BrN2O. The van der Waals surface area contributed by atoms with Crippen molar-refractivity contribution in [1.82, 2.24) is 10.3 Å². The zero-order chi connectivity index (χ0) is 16.7. The maximum Gasteiger partial charge on any atom is 0.252 e. The molecule has 3 aromatic carbocycles. The fourth-order valence-electron chi connectivity index (χ4n) is 4.52. The molecule has 2 N–H and O–H groups in total. The van der Waals surface area contributed by atoms with E-state index in [0.29, 0.717) is 6.54 Å². The van der Waals surface area contributed by atoms with Gasteiger partial charge in [-0.05, 0) is 40.5 Å². The highest BCUT2D eigenvalue weighted by Gasteiger charge is 2.34. The number of aromatic amines is 1. The average molecular weight is 389 g/mol. The van der Waals surface area contributed by atoms with Gasteiger partial charge in [-0.25, -0.2) is 0 Å². The van der Waals surface area contributed by atoms with Crippen LogP contribution in [0.3, 0.4) is 0 Å². The van der Waals surface area contributed by atoms with E-state index < -0.39 is 0 Å². The molecule has 1 aliphatic carbocycles. The molecule has 3 nitrogen and oxygen atoms in total. The van der Waals surface area contributed by atoms with Crippen molar-refractivity contribution in [3.8, 4) is 11.1 Å². The first-order valence-electron chi connectivity index (χ1n) is 8.37. The van der Waals surface area contributed by atoms with E-state index in [4.69, 9.17) is 0 Å². The molecule has 0 bridgehead atoms. The van der Waals surface area contributed by atoms with Crippen molar-refractivity contribution in [3.05, 3.63) is 69.2 Å². The van der Waals surface area contributed by atoms with Gasteiger partial charge >= 0.3 is 0 Å². The number of halogens is 1. The van der Waals surface area contributed by atoms with E-state index in [1.807, 2.05) is 6.07 Å². The SMILES string of the molecule is O=C1NCc2c1c1c(c3[nH]c4ccccc4c23)Cc2ccc(Br)cc2-1. The van der Waals surface area contributed by atoms with E-state index >= 15 is 0 Å². The predicted octanol–water partition coefficient (Wildman–Crippen LogP) is 4.90. The number of carbonyl (C=O) groups is 1. The van der Waals surface area contributed by atoms with Crippen LogP contribution in [0.15, 0.2) is 46.9 Å². The van der Waals surface area contributed by atoms with Gasteiger partial charge in [-0.3, -0.25) is 4.79 Å². The third-order valence-corrected chi connectivity index (χ3v) is 6.02. The summed E-state index contributed by atoms with van der Waals surface area (Å²) < 4.78 is 1.04. The van der Waals surface area contributed by atoms with Crippen LogP contribution in [0.1, 0.15) is 27.0 Å². The smallest absolute Gasteiger partial charge is 0.252 e. The zero-order valence-electron chi connectivity index (χ0n) is 13.2. The number of hydrogen-bond donors (Lipinski definition) is 2. The Hall–Kier alpha value is -2.59. The Morgan fingerprint density at radius 1 is 1.00 bits per heavy atom. The molecule has 25 heavy (non-hydrogen) atoms. The van der Waals surface area contributed by atoms with Gasteiger partial charge in [0.2, 0.25) is 0 Å². The first-order chi connectivity index (χ1) is 12.2. The van der Waals surface area contributed by atoms with Gasteiger partial charge in [0.15, 0.2) is 0 Å². The van der Waals surface area contributed by atoms with E-state index in [2.05, 4.69) is 62.6 Å². The molecule has 120 valence electrons. The third kappa shape index (κ3) is 1.63. The van der Waals surface area contributed by atoms with E-state index in [0.717, 1.165) is 33.1 Å². The van der Waals surface area contributed by atoms with Gasteiger partial charge in [-0.2, -0.15) is 0 Å². The molecule has 4 aromatic rings. The van der Waals surface area contributed by atoms with Crippen molar-refractivity contribution < 1.29 is 4.79 Å². The summed E-state index contributed by atoms with van der Waals surface area (Å²) in [5, 5.41) is 5.44. The second kappa shape index (κ2) is 4.52. The van der Waals surface area contributed by atoms with Crippen molar-refractivity contribution in [3.63, 3.8) is 0 Å². The minimum absolute atomic E-state index is 0.0475. The lowest BCUT2D eigenvalue weighted by Crippen LogP contribution is -2.13. The van der Waals surface area contributed by atoms with E-state index in [1.165, 1.54) is 33.0 Å². The van der Waals surface area contributed by atoms with Gasteiger partial charge in [0.1, 0.15) is 0 Å². The minimum atomic E-state index is 0.0475.